The fourth-order valence-corrected chi connectivity index (χ4v) is 3.54. The molecule has 0 radical (unpaired) electrons. The maximum atomic E-state index is 12.8. The van der Waals surface area contributed by atoms with Gasteiger partial charge in [0, 0.05) is 49.5 Å². The van der Waals surface area contributed by atoms with Crippen LogP contribution in [0, 0.1) is 0 Å². The molecule has 0 bridgehead atoms. The first-order valence-corrected chi connectivity index (χ1v) is 9.96. The zero-order valence-corrected chi connectivity index (χ0v) is 16.6. The van der Waals surface area contributed by atoms with Crippen molar-refractivity contribution in [1.82, 2.24) is 15.3 Å². The summed E-state index contributed by atoms with van der Waals surface area (Å²) in [7, 11) is 0. The Balaban J connectivity index is 1.44. The van der Waals surface area contributed by atoms with Crippen LogP contribution in [0.3, 0.4) is 0 Å². The standard InChI is InChI=1S/C21H25F2N7/c22-21(23)17(12-24)13-30-15-29(14-26-30)20-3-1-2-19(27-20)16-4-6-18(7-5-16)28-10-8-25-9-11-28/h1-7,14,25H,8-13,15,24H2. The van der Waals surface area contributed by atoms with Gasteiger partial charge >= 0.3 is 0 Å². The normalized spacial score (nSPS) is 16.3. The van der Waals surface area contributed by atoms with Gasteiger partial charge in [0.1, 0.15) is 18.8 Å². The Morgan fingerprint density at radius 1 is 1.07 bits per heavy atom. The first-order chi connectivity index (χ1) is 14.6. The number of rotatable bonds is 6. The third-order valence-electron chi connectivity index (χ3n) is 5.23. The highest BCUT2D eigenvalue weighted by Gasteiger charge is 2.19. The molecule has 0 unspecified atom stereocenters. The molecule has 0 saturated carbocycles. The SMILES string of the molecule is NCC(CN1CN(c2cccc(-c3ccc(N4CCNCC4)cc3)n2)C=N1)=C(F)F. The maximum Gasteiger partial charge on any atom is 0.272 e. The summed E-state index contributed by atoms with van der Waals surface area (Å²) in [5.74, 6) is 0.712. The Morgan fingerprint density at radius 3 is 2.53 bits per heavy atom. The predicted molar refractivity (Wildman–Crippen MR) is 116 cm³/mol. The summed E-state index contributed by atoms with van der Waals surface area (Å²) in [6.07, 6.45) is -0.139. The minimum absolute atomic E-state index is 0.000986. The number of pyridine rings is 1. The summed E-state index contributed by atoms with van der Waals surface area (Å²) >= 11 is 0. The Bertz CT molecular complexity index is 919. The van der Waals surface area contributed by atoms with Crippen LogP contribution in [0.25, 0.3) is 11.3 Å². The van der Waals surface area contributed by atoms with Gasteiger partial charge in [0.2, 0.25) is 0 Å². The molecular weight excluding hydrogens is 388 g/mol. The summed E-state index contributed by atoms with van der Waals surface area (Å²) < 4.78 is 25.7. The summed E-state index contributed by atoms with van der Waals surface area (Å²) in [5.41, 5.74) is 8.37. The zero-order valence-electron chi connectivity index (χ0n) is 16.6. The van der Waals surface area contributed by atoms with E-state index in [1.807, 2.05) is 23.1 Å². The van der Waals surface area contributed by atoms with Crippen LogP contribution in [0.4, 0.5) is 20.3 Å². The lowest BCUT2D eigenvalue weighted by Crippen LogP contribution is -2.43. The van der Waals surface area contributed by atoms with Crippen molar-refractivity contribution in [3.63, 3.8) is 0 Å². The van der Waals surface area contributed by atoms with E-state index in [1.54, 1.807) is 6.34 Å². The molecule has 4 rings (SSSR count). The van der Waals surface area contributed by atoms with E-state index in [9.17, 15) is 8.78 Å². The second kappa shape index (κ2) is 9.19. The van der Waals surface area contributed by atoms with Crippen LogP contribution >= 0.6 is 0 Å². The molecule has 0 spiro atoms. The topological polar surface area (TPSA) is 73.0 Å². The molecule has 0 amide bonds. The Labute approximate surface area is 174 Å². The lowest BCUT2D eigenvalue weighted by molar-refractivity contribution is 0.326. The summed E-state index contributed by atoms with van der Waals surface area (Å²) in [4.78, 5) is 8.92. The molecule has 2 aliphatic rings. The largest absolute Gasteiger partial charge is 0.369 e. The van der Waals surface area contributed by atoms with Crippen LogP contribution < -0.4 is 20.9 Å². The van der Waals surface area contributed by atoms with E-state index in [0.29, 0.717) is 12.5 Å². The van der Waals surface area contributed by atoms with Crippen LogP contribution in [-0.2, 0) is 0 Å². The van der Waals surface area contributed by atoms with Gasteiger partial charge in [0.15, 0.2) is 0 Å². The second-order valence-electron chi connectivity index (χ2n) is 7.24. The van der Waals surface area contributed by atoms with Crippen molar-refractivity contribution < 1.29 is 8.78 Å². The number of halogens is 2. The minimum atomic E-state index is -1.74. The van der Waals surface area contributed by atoms with Crippen molar-refractivity contribution in [3.05, 3.63) is 54.1 Å². The summed E-state index contributed by atoms with van der Waals surface area (Å²) in [5, 5.41) is 9.09. The van der Waals surface area contributed by atoms with Crippen molar-refractivity contribution in [2.45, 2.75) is 0 Å². The summed E-state index contributed by atoms with van der Waals surface area (Å²) in [6, 6.07) is 14.2. The molecule has 1 aromatic heterocycles. The number of anilines is 2. The van der Waals surface area contributed by atoms with E-state index >= 15 is 0 Å². The molecule has 7 nitrogen and oxygen atoms in total. The van der Waals surface area contributed by atoms with Crippen molar-refractivity contribution in [1.29, 1.82) is 0 Å². The van der Waals surface area contributed by atoms with E-state index in [-0.39, 0.29) is 18.7 Å². The second-order valence-corrected chi connectivity index (χ2v) is 7.24. The number of hydrazone groups is 1. The number of hydrogen-bond acceptors (Lipinski definition) is 7. The Hall–Kier alpha value is -3.04. The fraction of sp³-hybridized carbons (Fsp3) is 0.333. The zero-order chi connectivity index (χ0) is 20.9. The molecule has 3 N–H and O–H groups in total. The molecule has 2 aromatic rings. The molecule has 1 aromatic carbocycles. The number of nitrogens with one attached hydrogen (secondary N) is 1. The first-order valence-electron chi connectivity index (χ1n) is 9.96. The van der Waals surface area contributed by atoms with Crippen LogP contribution in [0.15, 0.2) is 59.2 Å². The molecule has 30 heavy (non-hydrogen) atoms. The van der Waals surface area contributed by atoms with Gasteiger partial charge in [0.05, 0.1) is 12.2 Å². The van der Waals surface area contributed by atoms with E-state index in [4.69, 9.17) is 10.7 Å². The molecule has 3 heterocycles. The Kier molecular flexibility index (Phi) is 6.20. The minimum Gasteiger partial charge on any atom is -0.369 e. The number of benzene rings is 1. The quantitative estimate of drug-likeness (QED) is 0.757. The van der Waals surface area contributed by atoms with E-state index in [0.717, 1.165) is 37.4 Å². The van der Waals surface area contributed by atoms with Gasteiger partial charge in [0.25, 0.3) is 6.08 Å². The van der Waals surface area contributed by atoms with Crippen molar-refractivity contribution in [3.8, 4) is 11.3 Å². The predicted octanol–water partition coefficient (Wildman–Crippen LogP) is 2.29. The average molecular weight is 413 g/mol. The van der Waals surface area contributed by atoms with E-state index in [2.05, 4.69) is 39.6 Å². The van der Waals surface area contributed by atoms with Crippen molar-refractivity contribution >= 4 is 17.8 Å². The van der Waals surface area contributed by atoms with E-state index < -0.39 is 6.08 Å². The van der Waals surface area contributed by atoms with Crippen LogP contribution in [0.1, 0.15) is 0 Å². The highest BCUT2D eigenvalue weighted by Crippen LogP contribution is 2.25. The van der Waals surface area contributed by atoms with E-state index in [1.165, 1.54) is 10.7 Å². The van der Waals surface area contributed by atoms with Crippen molar-refractivity contribution in [2.24, 2.45) is 10.8 Å². The molecule has 1 saturated heterocycles. The Morgan fingerprint density at radius 2 is 1.83 bits per heavy atom. The molecule has 158 valence electrons. The maximum absolute atomic E-state index is 12.8. The van der Waals surface area contributed by atoms with Gasteiger partial charge in [-0.1, -0.05) is 18.2 Å². The van der Waals surface area contributed by atoms with Gasteiger partial charge in [-0.15, -0.1) is 0 Å². The summed E-state index contributed by atoms with van der Waals surface area (Å²) in [6.45, 7) is 4.16. The highest BCUT2D eigenvalue weighted by molar-refractivity contribution is 5.79. The lowest BCUT2D eigenvalue weighted by Gasteiger charge is -2.29. The van der Waals surface area contributed by atoms with Gasteiger partial charge in [-0.2, -0.15) is 13.9 Å². The molecule has 0 aliphatic carbocycles. The third kappa shape index (κ3) is 4.58. The molecular formula is C21H25F2N7. The van der Waals surface area contributed by atoms with Gasteiger partial charge in [-0.05, 0) is 24.3 Å². The van der Waals surface area contributed by atoms with Crippen LogP contribution in [0.2, 0.25) is 0 Å². The molecule has 2 aliphatic heterocycles. The molecule has 1 fully saturated rings. The average Bonchev–Trinajstić information content (AvgIpc) is 3.27. The van der Waals surface area contributed by atoms with Crippen LogP contribution in [0.5, 0.6) is 0 Å². The van der Waals surface area contributed by atoms with Gasteiger partial charge in [-0.3, -0.25) is 9.91 Å². The van der Waals surface area contributed by atoms with Gasteiger partial charge < -0.3 is 16.0 Å². The third-order valence-corrected chi connectivity index (χ3v) is 5.23. The lowest BCUT2D eigenvalue weighted by atomic mass is 10.1. The monoisotopic (exact) mass is 413 g/mol. The first kappa shape index (κ1) is 20.2. The fourth-order valence-electron chi connectivity index (χ4n) is 3.54. The number of aromatic nitrogens is 1. The number of hydrogen-bond donors (Lipinski definition) is 2. The number of nitrogens with zero attached hydrogens (tertiary/aromatic N) is 5. The molecule has 9 heteroatoms. The van der Waals surface area contributed by atoms with Gasteiger partial charge in [-0.25, -0.2) is 4.98 Å². The smallest absolute Gasteiger partial charge is 0.272 e. The highest BCUT2D eigenvalue weighted by atomic mass is 19.3. The number of nitrogens with two attached hydrogens (primary N) is 1. The van der Waals surface area contributed by atoms with Crippen molar-refractivity contribution in [2.75, 3.05) is 55.7 Å². The molecule has 0 atom stereocenters. The van der Waals surface area contributed by atoms with Crippen LogP contribution in [-0.4, -0.2) is 62.3 Å². The number of piperazine rings is 1.